The molecule has 1 atom stereocenters. The first-order chi connectivity index (χ1) is 11.8. The number of non-ortho nitro benzene ring substituents is 1. The predicted molar refractivity (Wildman–Crippen MR) is 95.8 cm³/mol. The lowest BCUT2D eigenvalue weighted by Crippen LogP contribution is -2.46. The second-order valence-electron chi connectivity index (χ2n) is 5.46. The van der Waals surface area contributed by atoms with Gasteiger partial charge in [-0.2, -0.15) is 0 Å². The fourth-order valence-corrected chi connectivity index (χ4v) is 2.55. The third kappa shape index (κ3) is 5.68. The van der Waals surface area contributed by atoms with Crippen LogP contribution in [0, 0.1) is 10.1 Å². The first-order valence-corrected chi connectivity index (χ1v) is 8.21. The summed E-state index contributed by atoms with van der Waals surface area (Å²) in [5.74, 6) is -1.07. The Morgan fingerprint density at radius 1 is 1.16 bits per heavy atom. The molecule has 0 aromatic heterocycles. The van der Waals surface area contributed by atoms with Crippen LogP contribution < -0.4 is 11.1 Å². The van der Waals surface area contributed by atoms with Gasteiger partial charge in [0.25, 0.3) is 5.69 Å². The molecule has 8 heteroatoms. The van der Waals surface area contributed by atoms with Crippen LogP contribution in [0.5, 0.6) is 0 Å². The van der Waals surface area contributed by atoms with Gasteiger partial charge in [0, 0.05) is 23.0 Å². The van der Waals surface area contributed by atoms with Crippen LogP contribution in [0.1, 0.15) is 11.1 Å². The number of hydrogen-bond donors (Lipinski definition) is 2. The number of nitro groups is 1. The van der Waals surface area contributed by atoms with Gasteiger partial charge in [0.1, 0.15) is 6.04 Å². The summed E-state index contributed by atoms with van der Waals surface area (Å²) in [4.78, 5) is 34.0. The van der Waals surface area contributed by atoms with E-state index in [-0.39, 0.29) is 18.5 Å². The molecule has 0 aliphatic rings. The van der Waals surface area contributed by atoms with Crippen LogP contribution >= 0.6 is 15.9 Å². The highest BCUT2D eigenvalue weighted by Crippen LogP contribution is 2.14. The van der Waals surface area contributed by atoms with Crippen LogP contribution in [-0.4, -0.2) is 22.8 Å². The molecule has 0 spiro atoms. The van der Waals surface area contributed by atoms with Gasteiger partial charge in [-0.05, 0) is 23.3 Å². The van der Waals surface area contributed by atoms with Crippen molar-refractivity contribution in [3.63, 3.8) is 0 Å². The molecule has 0 saturated carbocycles. The Labute approximate surface area is 152 Å². The molecule has 2 amide bonds. The lowest BCUT2D eigenvalue weighted by molar-refractivity contribution is -0.384. The van der Waals surface area contributed by atoms with Crippen LogP contribution in [0.4, 0.5) is 5.69 Å². The number of rotatable bonds is 7. The third-order valence-electron chi connectivity index (χ3n) is 3.52. The van der Waals surface area contributed by atoms with Crippen LogP contribution in [0.2, 0.25) is 0 Å². The van der Waals surface area contributed by atoms with E-state index in [2.05, 4.69) is 21.2 Å². The highest BCUT2D eigenvalue weighted by Gasteiger charge is 2.19. The van der Waals surface area contributed by atoms with Gasteiger partial charge in [0.2, 0.25) is 11.8 Å². The van der Waals surface area contributed by atoms with Gasteiger partial charge in [-0.15, -0.1) is 0 Å². The highest BCUT2D eigenvalue weighted by molar-refractivity contribution is 9.10. The maximum absolute atomic E-state index is 12.2. The Hall–Kier alpha value is -2.74. The largest absolute Gasteiger partial charge is 0.368 e. The van der Waals surface area contributed by atoms with Crippen molar-refractivity contribution in [1.29, 1.82) is 0 Å². The van der Waals surface area contributed by atoms with Gasteiger partial charge in [-0.1, -0.05) is 40.2 Å². The van der Waals surface area contributed by atoms with E-state index in [1.165, 1.54) is 18.2 Å². The van der Waals surface area contributed by atoms with Crippen molar-refractivity contribution in [3.8, 4) is 0 Å². The number of halogens is 1. The quantitative estimate of drug-likeness (QED) is 0.541. The molecule has 2 rings (SSSR count). The molecule has 0 fully saturated rings. The van der Waals surface area contributed by atoms with Gasteiger partial charge in [-0.3, -0.25) is 19.7 Å². The molecule has 0 heterocycles. The molecule has 2 aromatic rings. The van der Waals surface area contributed by atoms with Gasteiger partial charge in [0.05, 0.1) is 11.3 Å². The zero-order valence-corrected chi connectivity index (χ0v) is 14.7. The van der Waals surface area contributed by atoms with E-state index in [0.717, 1.165) is 10.0 Å². The molecular weight excluding hydrogens is 390 g/mol. The molecule has 0 unspecified atom stereocenters. The van der Waals surface area contributed by atoms with E-state index in [1.807, 2.05) is 24.3 Å². The summed E-state index contributed by atoms with van der Waals surface area (Å²) in [6.45, 7) is 0. The number of primary amides is 1. The second-order valence-corrected chi connectivity index (χ2v) is 6.37. The van der Waals surface area contributed by atoms with Crippen LogP contribution in [0.3, 0.4) is 0 Å². The molecule has 0 aliphatic heterocycles. The number of carbonyl (C=O) groups excluding carboxylic acids is 2. The van der Waals surface area contributed by atoms with Crippen molar-refractivity contribution in [2.24, 2.45) is 5.73 Å². The van der Waals surface area contributed by atoms with Crippen LogP contribution in [0.15, 0.2) is 53.0 Å². The standard InChI is InChI=1S/C17H16BrN3O4/c18-13-6-4-11(5-7-13)9-15(17(19)23)20-16(22)10-12-2-1-3-14(8-12)21(24)25/h1-8,15H,9-10H2,(H2,19,23)(H,20,22)/t15-/m0/s1. The molecule has 0 saturated heterocycles. The minimum absolute atomic E-state index is 0.0776. The lowest BCUT2D eigenvalue weighted by Gasteiger charge is -2.15. The molecule has 0 bridgehead atoms. The van der Waals surface area contributed by atoms with E-state index in [1.54, 1.807) is 6.07 Å². The number of carbonyl (C=O) groups is 2. The average Bonchev–Trinajstić information content (AvgIpc) is 2.56. The average molecular weight is 406 g/mol. The molecule has 3 N–H and O–H groups in total. The minimum atomic E-state index is -0.854. The molecule has 130 valence electrons. The van der Waals surface area contributed by atoms with Gasteiger partial charge in [0.15, 0.2) is 0 Å². The number of nitro benzene ring substituents is 1. The molecule has 2 aromatic carbocycles. The predicted octanol–water partition coefficient (Wildman–Crippen LogP) is 2.11. The summed E-state index contributed by atoms with van der Waals surface area (Å²) < 4.78 is 0.904. The van der Waals surface area contributed by atoms with Gasteiger partial charge < -0.3 is 11.1 Å². The zero-order chi connectivity index (χ0) is 18.4. The van der Waals surface area contributed by atoms with E-state index < -0.39 is 22.8 Å². The Morgan fingerprint density at radius 2 is 1.84 bits per heavy atom. The maximum Gasteiger partial charge on any atom is 0.269 e. The summed E-state index contributed by atoms with van der Waals surface area (Å²) >= 11 is 3.32. The topological polar surface area (TPSA) is 115 Å². The fourth-order valence-electron chi connectivity index (χ4n) is 2.29. The number of hydrogen-bond acceptors (Lipinski definition) is 4. The third-order valence-corrected chi connectivity index (χ3v) is 4.05. The normalized spacial score (nSPS) is 11.6. The number of nitrogens with two attached hydrogens (primary N) is 1. The zero-order valence-electron chi connectivity index (χ0n) is 13.1. The van der Waals surface area contributed by atoms with E-state index in [9.17, 15) is 19.7 Å². The summed E-state index contributed by atoms with van der Waals surface area (Å²) in [5, 5.41) is 13.4. The maximum atomic E-state index is 12.2. The minimum Gasteiger partial charge on any atom is -0.368 e. The summed E-state index contributed by atoms with van der Waals surface area (Å²) in [7, 11) is 0. The Bertz CT molecular complexity index is 793. The van der Waals surface area contributed by atoms with Crippen molar-refractivity contribution in [2.45, 2.75) is 18.9 Å². The molecule has 0 aliphatic carbocycles. The van der Waals surface area contributed by atoms with E-state index in [0.29, 0.717) is 5.56 Å². The van der Waals surface area contributed by atoms with Gasteiger partial charge in [-0.25, -0.2) is 0 Å². The van der Waals surface area contributed by atoms with Crippen molar-refractivity contribution >= 4 is 33.4 Å². The first-order valence-electron chi connectivity index (χ1n) is 7.41. The monoisotopic (exact) mass is 405 g/mol. The van der Waals surface area contributed by atoms with E-state index >= 15 is 0 Å². The molecular formula is C17H16BrN3O4. The van der Waals surface area contributed by atoms with Crippen molar-refractivity contribution in [1.82, 2.24) is 5.32 Å². The molecule has 7 nitrogen and oxygen atoms in total. The van der Waals surface area contributed by atoms with Crippen molar-refractivity contribution in [2.75, 3.05) is 0 Å². The Balaban J connectivity index is 2.02. The van der Waals surface area contributed by atoms with Crippen LogP contribution in [-0.2, 0) is 22.4 Å². The SMILES string of the molecule is NC(=O)[C@H](Cc1ccc(Br)cc1)NC(=O)Cc1cccc([N+](=O)[O-])c1. The number of nitrogens with one attached hydrogen (secondary N) is 1. The number of amides is 2. The van der Waals surface area contributed by atoms with Crippen molar-refractivity contribution in [3.05, 3.63) is 74.2 Å². The summed E-state index contributed by atoms with van der Waals surface area (Å²) in [6.07, 6.45) is 0.190. The summed E-state index contributed by atoms with van der Waals surface area (Å²) in [6, 6.07) is 12.3. The molecule has 0 radical (unpaired) electrons. The number of nitrogens with zero attached hydrogens (tertiary/aromatic N) is 1. The highest BCUT2D eigenvalue weighted by atomic mass is 79.9. The Morgan fingerprint density at radius 3 is 2.44 bits per heavy atom. The smallest absolute Gasteiger partial charge is 0.269 e. The lowest BCUT2D eigenvalue weighted by atomic mass is 10.0. The second kappa shape index (κ2) is 8.39. The summed E-state index contributed by atoms with van der Waals surface area (Å²) in [5.41, 5.74) is 6.61. The van der Waals surface area contributed by atoms with Gasteiger partial charge >= 0.3 is 0 Å². The van der Waals surface area contributed by atoms with Crippen LogP contribution in [0.25, 0.3) is 0 Å². The van der Waals surface area contributed by atoms with E-state index in [4.69, 9.17) is 5.73 Å². The molecule has 25 heavy (non-hydrogen) atoms. The fraction of sp³-hybridized carbons (Fsp3) is 0.176. The first kappa shape index (κ1) is 18.6. The van der Waals surface area contributed by atoms with Crippen molar-refractivity contribution < 1.29 is 14.5 Å². The number of benzene rings is 2. The Kier molecular flexibility index (Phi) is 6.24.